The largest absolute Gasteiger partial charge is 0.395 e. The lowest BCUT2D eigenvalue weighted by molar-refractivity contribution is 0.213. The van der Waals surface area contributed by atoms with Crippen molar-refractivity contribution in [2.24, 2.45) is 0 Å². The first-order valence-electron chi connectivity index (χ1n) is 5.54. The molecule has 0 aliphatic carbocycles. The number of sulfonamides is 1. The number of aliphatic hydroxyl groups is 1. The fraction of sp³-hybridized carbons (Fsp3) is 0.455. The molecule has 4 nitrogen and oxygen atoms in total. The third kappa shape index (κ3) is 2.51. The van der Waals surface area contributed by atoms with Gasteiger partial charge >= 0.3 is 0 Å². The zero-order chi connectivity index (χ0) is 13.3. The van der Waals surface area contributed by atoms with Crippen LogP contribution in [0.5, 0.6) is 0 Å². The molecule has 1 aliphatic heterocycles. The van der Waals surface area contributed by atoms with Crippen LogP contribution < -0.4 is 0 Å². The van der Waals surface area contributed by atoms with Crippen molar-refractivity contribution in [3.8, 4) is 0 Å². The van der Waals surface area contributed by atoms with Crippen LogP contribution in [0.3, 0.4) is 0 Å². The highest BCUT2D eigenvalue weighted by Gasteiger charge is 2.34. The summed E-state index contributed by atoms with van der Waals surface area (Å²) in [6.07, 6.45) is 1.43. The number of rotatable bonds is 3. The molecule has 1 atom stereocenters. The van der Waals surface area contributed by atoms with Gasteiger partial charge in [-0.3, -0.25) is 0 Å². The predicted molar refractivity (Wildman–Crippen MR) is 70.5 cm³/mol. The molecule has 18 heavy (non-hydrogen) atoms. The van der Waals surface area contributed by atoms with Gasteiger partial charge in [0.15, 0.2) is 0 Å². The molecule has 0 saturated carbocycles. The van der Waals surface area contributed by atoms with E-state index in [0.29, 0.717) is 18.0 Å². The molecule has 0 bridgehead atoms. The molecule has 1 aromatic rings. The van der Waals surface area contributed by atoms with Crippen LogP contribution in [0.25, 0.3) is 0 Å². The third-order valence-electron chi connectivity index (χ3n) is 3.03. The number of aliphatic hydroxyl groups excluding tert-OH is 1. The van der Waals surface area contributed by atoms with Crippen LogP contribution in [0.1, 0.15) is 12.8 Å². The van der Waals surface area contributed by atoms with E-state index in [4.69, 9.17) is 23.2 Å². The summed E-state index contributed by atoms with van der Waals surface area (Å²) in [5, 5.41) is 9.71. The summed E-state index contributed by atoms with van der Waals surface area (Å²) in [5.41, 5.74) is 0. The van der Waals surface area contributed by atoms with Crippen molar-refractivity contribution in [2.75, 3.05) is 13.2 Å². The summed E-state index contributed by atoms with van der Waals surface area (Å²) in [6, 6.07) is 3.88. The highest BCUT2D eigenvalue weighted by Crippen LogP contribution is 2.29. The van der Waals surface area contributed by atoms with Gasteiger partial charge in [0.25, 0.3) is 0 Å². The molecule has 0 radical (unpaired) electrons. The normalized spacial score (nSPS) is 21.4. The van der Waals surface area contributed by atoms with Gasteiger partial charge in [0, 0.05) is 12.6 Å². The van der Waals surface area contributed by atoms with Gasteiger partial charge in [-0.2, -0.15) is 4.31 Å². The summed E-state index contributed by atoms with van der Waals surface area (Å²) >= 11 is 11.6. The molecular weight excluding hydrogens is 297 g/mol. The molecule has 0 aromatic heterocycles. The highest BCUT2D eigenvalue weighted by atomic mass is 35.5. The van der Waals surface area contributed by atoms with Gasteiger partial charge in [-0.15, -0.1) is 0 Å². The minimum atomic E-state index is -3.61. The van der Waals surface area contributed by atoms with Crippen LogP contribution in [-0.4, -0.2) is 37.0 Å². The van der Waals surface area contributed by atoms with E-state index >= 15 is 0 Å². The fourth-order valence-electron chi connectivity index (χ4n) is 2.08. The molecule has 1 heterocycles. The van der Waals surface area contributed by atoms with Crippen LogP contribution in [0.2, 0.25) is 10.0 Å². The first kappa shape index (κ1) is 14.1. The van der Waals surface area contributed by atoms with E-state index < -0.39 is 10.0 Å². The van der Waals surface area contributed by atoms with E-state index in [1.165, 1.54) is 22.5 Å². The van der Waals surface area contributed by atoms with Crippen molar-refractivity contribution >= 4 is 33.2 Å². The predicted octanol–water partition coefficient (Wildman–Crippen LogP) is 2.14. The third-order valence-corrected chi connectivity index (χ3v) is 5.72. The number of nitrogens with zero attached hydrogens (tertiary/aromatic N) is 1. The van der Waals surface area contributed by atoms with Crippen molar-refractivity contribution in [2.45, 2.75) is 23.8 Å². The Morgan fingerprint density at radius 3 is 2.67 bits per heavy atom. The molecule has 100 valence electrons. The van der Waals surface area contributed by atoms with E-state index in [0.717, 1.165) is 6.42 Å². The Morgan fingerprint density at radius 1 is 1.33 bits per heavy atom. The Kier molecular flexibility index (Phi) is 4.18. The molecule has 0 unspecified atom stereocenters. The van der Waals surface area contributed by atoms with Crippen LogP contribution in [0, 0.1) is 0 Å². The minimum Gasteiger partial charge on any atom is -0.395 e. The van der Waals surface area contributed by atoms with E-state index in [1.54, 1.807) is 0 Å². The van der Waals surface area contributed by atoms with Gasteiger partial charge in [-0.05, 0) is 31.0 Å². The Bertz CT molecular complexity index is 547. The minimum absolute atomic E-state index is 0.109. The first-order valence-corrected chi connectivity index (χ1v) is 7.74. The average Bonchev–Trinajstić information content (AvgIpc) is 2.81. The van der Waals surface area contributed by atoms with Gasteiger partial charge < -0.3 is 5.11 Å². The topological polar surface area (TPSA) is 57.6 Å². The maximum absolute atomic E-state index is 12.4. The van der Waals surface area contributed by atoms with Gasteiger partial charge in [-0.25, -0.2) is 8.42 Å². The Morgan fingerprint density at radius 2 is 2.06 bits per heavy atom. The monoisotopic (exact) mass is 309 g/mol. The van der Waals surface area contributed by atoms with Gasteiger partial charge in [0.1, 0.15) is 0 Å². The number of hydrogen-bond acceptors (Lipinski definition) is 3. The van der Waals surface area contributed by atoms with Crippen molar-refractivity contribution < 1.29 is 13.5 Å². The van der Waals surface area contributed by atoms with Crippen molar-refractivity contribution in [3.63, 3.8) is 0 Å². The smallest absolute Gasteiger partial charge is 0.243 e. The number of benzene rings is 1. The van der Waals surface area contributed by atoms with E-state index in [9.17, 15) is 13.5 Å². The molecule has 1 aliphatic rings. The summed E-state index contributed by atoms with van der Waals surface area (Å²) in [5.74, 6) is 0. The van der Waals surface area contributed by atoms with E-state index in [2.05, 4.69) is 0 Å². The molecule has 1 saturated heterocycles. The lowest BCUT2D eigenvalue weighted by Gasteiger charge is -2.22. The lowest BCUT2D eigenvalue weighted by Crippen LogP contribution is -2.37. The molecular formula is C11H13Cl2NO3S. The zero-order valence-electron chi connectivity index (χ0n) is 9.51. The zero-order valence-corrected chi connectivity index (χ0v) is 11.8. The maximum atomic E-state index is 12.4. The van der Waals surface area contributed by atoms with Crippen molar-refractivity contribution in [1.82, 2.24) is 4.31 Å². The van der Waals surface area contributed by atoms with Crippen LogP contribution in [0.15, 0.2) is 23.1 Å². The Balaban J connectivity index is 2.38. The van der Waals surface area contributed by atoms with Crippen LogP contribution in [-0.2, 0) is 10.0 Å². The Hall–Kier alpha value is -0.330. The summed E-state index contributed by atoms with van der Waals surface area (Å²) < 4.78 is 26.1. The second-order valence-corrected chi connectivity index (χ2v) is 6.88. The number of hydrogen-bond donors (Lipinski definition) is 1. The summed E-state index contributed by atoms with van der Waals surface area (Å²) in [4.78, 5) is 0.109. The average molecular weight is 310 g/mol. The molecule has 1 N–H and O–H groups in total. The molecule has 7 heteroatoms. The van der Waals surface area contributed by atoms with Gasteiger partial charge in [-0.1, -0.05) is 23.2 Å². The lowest BCUT2D eigenvalue weighted by atomic mass is 10.2. The quantitative estimate of drug-likeness (QED) is 0.930. The summed E-state index contributed by atoms with van der Waals surface area (Å²) in [6.45, 7) is 0.258. The molecule has 2 rings (SSSR count). The second-order valence-electron chi connectivity index (χ2n) is 4.17. The summed E-state index contributed by atoms with van der Waals surface area (Å²) in [7, 11) is -3.61. The molecule has 0 spiro atoms. The SMILES string of the molecule is O=S(=O)(c1ccc(Cl)c(Cl)c1)N1CCC[C@@H]1CO. The van der Waals surface area contributed by atoms with Crippen LogP contribution >= 0.6 is 23.2 Å². The standard InChI is InChI=1S/C11H13Cl2NO3S/c12-10-4-3-9(6-11(10)13)18(16,17)14-5-1-2-8(14)7-15/h3-4,6,8,15H,1-2,5,7H2/t8-/m1/s1. The van der Waals surface area contributed by atoms with E-state index in [-0.39, 0.29) is 22.6 Å². The van der Waals surface area contributed by atoms with Crippen molar-refractivity contribution in [1.29, 1.82) is 0 Å². The maximum Gasteiger partial charge on any atom is 0.243 e. The Labute approximate surface area is 116 Å². The second kappa shape index (κ2) is 5.35. The number of halogens is 2. The van der Waals surface area contributed by atoms with Gasteiger partial charge in [0.05, 0.1) is 21.5 Å². The van der Waals surface area contributed by atoms with E-state index in [1.807, 2.05) is 0 Å². The molecule has 1 aromatic carbocycles. The van der Waals surface area contributed by atoms with Crippen molar-refractivity contribution in [3.05, 3.63) is 28.2 Å². The van der Waals surface area contributed by atoms with Crippen LogP contribution in [0.4, 0.5) is 0 Å². The molecule has 1 fully saturated rings. The van der Waals surface area contributed by atoms with Gasteiger partial charge in [0.2, 0.25) is 10.0 Å². The molecule has 0 amide bonds. The highest BCUT2D eigenvalue weighted by molar-refractivity contribution is 7.89. The fourth-order valence-corrected chi connectivity index (χ4v) is 4.16. The first-order chi connectivity index (χ1) is 8.46.